The first kappa shape index (κ1) is 13.9. The maximum Gasteiger partial charge on any atom is 0.326 e. The van der Waals surface area contributed by atoms with Crippen molar-refractivity contribution in [3.8, 4) is 11.5 Å². The van der Waals surface area contributed by atoms with Gasteiger partial charge in [0.1, 0.15) is 5.70 Å². The number of halogens is 2. The fourth-order valence-corrected chi connectivity index (χ4v) is 2.35. The molecule has 1 fully saturated rings. The molecule has 19 heavy (non-hydrogen) atoms. The zero-order chi connectivity index (χ0) is 14.2. The Morgan fingerprint density at radius 1 is 1.26 bits per heavy atom. The molecule has 3 N–H and O–H groups in total. The highest BCUT2D eigenvalue weighted by molar-refractivity contribution is 9.13. The Hall–Kier alpha value is -1.54. The average molecular weight is 392 g/mol. The van der Waals surface area contributed by atoms with Gasteiger partial charge in [0.05, 0.1) is 11.6 Å². The van der Waals surface area contributed by atoms with Gasteiger partial charge in [-0.1, -0.05) is 0 Å². The minimum Gasteiger partial charge on any atom is -0.503 e. The summed E-state index contributed by atoms with van der Waals surface area (Å²) in [6.07, 6.45) is 1.47. The molecule has 1 aliphatic heterocycles. The molecule has 0 saturated carbocycles. The molecule has 6 nitrogen and oxygen atoms in total. The van der Waals surface area contributed by atoms with Crippen LogP contribution in [0, 0.1) is 0 Å². The smallest absolute Gasteiger partial charge is 0.326 e. The lowest BCUT2D eigenvalue weighted by Gasteiger charge is -2.10. The zero-order valence-corrected chi connectivity index (χ0v) is 12.8. The van der Waals surface area contributed by atoms with E-state index in [4.69, 9.17) is 4.74 Å². The van der Waals surface area contributed by atoms with Gasteiger partial charge in [-0.15, -0.1) is 0 Å². The summed E-state index contributed by atoms with van der Waals surface area (Å²) in [5.41, 5.74) is 0.680. The predicted molar refractivity (Wildman–Crippen MR) is 74.7 cm³/mol. The van der Waals surface area contributed by atoms with E-state index in [1.165, 1.54) is 19.3 Å². The molecule has 100 valence electrons. The second kappa shape index (κ2) is 5.22. The van der Waals surface area contributed by atoms with Crippen LogP contribution in [0.4, 0.5) is 4.79 Å². The van der Waals surface area contributed by atoms with Gasteiger partial charge >= 0.3 is 6.03 Å². The molecule has 0 spiro atoms. The minimum atomic E-state index is -0.572. The highest BCUT2D eigenvalue weighted by Crippen LogP contribution is 2.42. The van der Waals surface area contributed by atoms with Crippen molar-refractivity contribution in [2.24, 2.45) is 0 Å². The number of amides is 3. The van der Waals surface area contributed by atoms with Gasteiger partial charge < -0.3 is 15.2 Å². The van der Waals surface area contributed by atoms with Crippen molar-refractivity contribution < 1.29 is 19.4 Å². The number of hydrogen-bond donors (Lipinski definition) is 3. The number of carbonyl (C=O) groups is 2. The Morgan fingerprint density at radius 3 is 2.47 bits per heavy atom. The Labute approximate surface area is 125 Å². The van der Waals surface area contributed by atoms with Crippen molar-refractivity contribution in [3.63, 3.8) is 0 Å². The summed E-state index contributed by atoms with van der Waals surface area (Å²) in [4.78, 5) is 22.4. The molecular weight excluding hydrogens is 384 g/mol. The van der Waals surface area contributed by atoms with Crippen LogP contribution >= 0.6 is 31.9 Å². The van der Waals surface area contributed by atoms with Crippen molar-refractivity contribution in [2.45, 2.75) is 0 Å². The SMILES string of the molecule is COc1cc(/C=C2/NC(=O)NC2=O)c(Br)c(Br)c1O. The molecule has 0 radical (unpaired) electrons. The quantitative estimate of drug-likeness (QED) is 0.532. The number of imide groups is 1. The van der Waals surface area contributed by atoms with Gasteiger partial charge in [0.25, 0.3) is 5.91 Å². The lowest BCUT2D eigenvalue weighted by molar-refractivity contribution is -0.115. The van der Waals surface area contributed by atoms with Gasteiger partial charge in [-0.3, -0.25) is 10.1 Å². The number of phenols is 1. The van der Waals surface area contributed by atoms with E-state index in [0.29, 0.717) is 14.5 Å². The van der Waals surface area contributed by atoms with Crippen LogP contribution in [0.3, 0.4) is 0 Å². The lowest BCUT2D eigenvalue weighted by Crippen LogP contribution is -2.22. The summed E-state index contributed by atoms with van der Waals surface area (Å²) in [5, 5.41) is 14.3. The normalized spacial score (nSPS) is 16.5. The summed E-state index contributed by atoms with van der Waals surface area (Å²) in [6, 6.07) is 0.965. The van der Waals surface area contributed by atoms with Gasteiger partial charge in [0.2, 0.25) is 0 Å². The molecule has 0 unspecified atom stereocenters. The first-order valence-corrected chi connectivity index (χ1v) is 6.61. The number of ether oxygens (including phenoxy) is 1. The van der Waals surface area contributed by atoms with Gasteiger partial charge in [0.15, 0.2) is 11.5 Å². The number of nitrogens with one attached hydrogen (secondary N) is 2. The van der Waals surface area contributed by atoms with Crippen LogP contribution in [0.5, 0.6) is 11.5 Å². The van der Waals surface area contributed by atoms with Crippen LogP contribution in [0.15, 0.2) is 20.7 Å². The Morgan fingerprint density at radius 2 is 1.95 bits per heavy atom. The minimum absolute atomic E-state index is 0.0589. The third kappa shape index (κ3) is 2.59. The van der Waals surface area contributed by atoms with E-state index in [9.17, 15) is 14.7 Å². The molecule has 1 saturated heterocycles. The number of rotatable bonds is 2. The number of phenolic OH excluding ortho intramolecular Hbond substituents is 1. The average Bonchev–Trinajstić information content (AvgIpc) is 2.68. The number of benzene rings is 1. The van der Waals surface area contributed by atoms with Gasteiger partial charge in [0, 0.05) is 4.47 Å². The molecule has 0 atom stereocenters. The molecule has 2 rings (SSSR count). The highest BCUT2D eigenvalue weighted by atomic mass is 79.9. The van der Waals surface area contributed by atoms with Crippen molar-refractivity contribution in [1.82, 2.24) is 10.6 Å². The summed E-state index contributed by atoms with van der Waals surface area (Å²) in [6.45, 7) is 0. The maximum absolute atomic E-state index is 11.4. The third-order valence-corrected chi connectivity index (χ3v) is 4.57. The third-order valence-electron chi connectivity index (χ3n) is 2.41. The number of methoxy groups -OCH3 is 1. The summed E-state index contributed by atoms with van der Waals surface area (Å²) < 4.78 is 5.94. The summed E-state index contributed by atoms with van der Waals surface area (Å²) in [7, 11) is 1.41. The van der Waals surface area contributed by atoms with Crippen molar-refractivity contribution in [3.05, 3.63) is 26.3 Å². The second-order valence-corrected chi connectivity index (χ2v) is 5.20. The predicted octanol–water partition coefficient (Wildman–Crippen LogP) is 2.11. The van der Waals surface area contributed by atoms with E-state index in [2.05, 4.69) is 42.5 Å². The Bertz CT molecular complexity index is 613. The Kier molecular flexibility index (Phi) is 3.81. The van der Waals surface area contributed by atoms with Gasteiger partial charge in [-0.05, 0) is 49.6 Å². The molecular formula is C11H8Br2N2O4. The van der Waals surface area contributed by atoms with E-state index < -0.39 is 11.9 Å². The van der Waals surface area contributed by atoms with E-state index in [1.807, 2.05) is 0 Å². The standard InChI is InChI=1S/C11H8Br2N2O4/c1-19-6-3-4(7(12)8(13)9(6)16)2-5-10(17)15-11(18)14-5/h2-3,16H,1H3,(H2,14,15,17,18)/b5-2+. The van der Waals surface area contributed by atoms with E-state index in [-0.39, 0.29) is 17.2 Å². The Balaban J connectivity index is 2.52. The van der Waals surface area contributed by atoms with Crippen LogP contribution in [0.1, 0.15) is 5.56 Å². The van der Waals surface area contributed by atoms with Crippen molar-refractivity contribution in [1.29, 1.82) is 0 Å². The molecule has 1 aromatic carbocycles. The van der Waals surface area contributed by atoms with Crippen LogP contribution in [-0.2, 0) is 4.79 Å². The monoisotopic (exact) mass is 390 g/mol. The van der Waals surface area contributed by atoms with E-state index in [0.717, 1.165) is 0 Å². The van der Waals surface area contributed by atoms with E-state index >= 15 is 0 Å². The number of carbonyl (C=O) groups excluding carboxylic acids is 2. The van der Waals surface area contributed by atoms with Gasteiger partial charge in [-0.2, -0.15) is 0 Å². The van der Waals surface area contributed by atoms with Crippen LogP contribution in [0.2, 0.25) is 0 Å². The number of aromatic hydroxyl groups is 1. The number of urea groups is 1. The molecule has 0 aliphatic carbocycles. The first-order chi connectivity index (χ1) is 8.93. The number of hydrogen-bond acceptors (Lipinski definition) is 4. The molecule has 1 aliphatic rings. The van der Waals surface area contributed by atoms with Crippen molar-refractivity contribution >= 4 is 49.9 Å². The molecule has 0 bridgehead atoms. The topological polar surface area (TPSA) is 87.7 Å². The molecule has 1 heterocycles. The molecule has 0 aromatic heterocycles. The lowest BCUT2D eigenvalue weighted by atomic mass is 10.1. The second-order valence-electron chi connectivity index (χ2n) is 3.61. The van der Waals surface area contributed by atoms with Crippen LogP contribution in [-0.4, -0.2) is 24.2 Å². The summed E-state index contributed by atoms with van der Waals surface area (Å²) >= 11 is 6.49. The summed E-state index contributed by atoms with van der Waals surface area (Å²) in [5.74, 6) is -0.330. The van der Waals surface area contributed by atoms with Crippen LogP contribution in [0.25, 0.3) is 6.08 Å². The fraction of sp³-hybridized carbons (Fsp3) is 0.0909. The van der Waals surface area contributed by atoms with Crippen molar-refractivity contribution in [2.75, 3.05) is 7.11 Å². The zero-order valence-electron chi connectivity index (χ0n) is 9.58. The molecule has 8 heteroatoms. The van der Waals surface area contributed by atoms with Crippen LogP contribution < -0.4 is 15.4 Å². The molecule has 1 aromatic rings. The van der Waals surface area contributed by atoms with E-state index in [1.54, 1.807) is 0 Å². The maximum atomic E-state index is 11.4. The fourth-order valence-electron chi connectivity index (χ4n) is 1.51. The largest absolute Gasteiger partial charge is 0.503 e. The first-order valence-electron chi connectivity index (χ1n) is 5.03. The molecule has 3 amide bonds. The highest BCUT2D eigenvalue weighted by Gasteiger charge is 2.24. The van der Waals surface area contributed by atoms with Gasteiger partial charge in [-0.25, -0.2) is 4.79 Å².